The molecule has 0 aliphatic carbocycles. The van der Waals surface area contributed by atoms with Gasteiger partial charge in [-0.2, -0.15) is 0 Å². The number of carboxylic acid groups (broad SMARTS) is 1. The normalized spacial score (nSPS) is 12.4. The Morgan fingerprint density at radius 3 is 2.43 bits per heavy atom. The predicted molar refractivity (Wildman–Crippen MR) is 76.9 cm³/mol. The number of hydrogen-bond donors (Lipinski definition) is 3. The molecule has 21 heavy (non-hydrogen) atoms. The number of carbonyl (C=O) groups is 3. The van der Waals surface area contributed by atoms with E-state index < -0.39 is 23.3 Å². The van der Waals surface area contributed by atoms with Crippen molar-refractivity contribution in [3.63, 3.8) is 0 Å². The first kappa shape index (κ1) is 16.6. The Labute approximate surface area is 122 Å². The fraction of sp³-hybridized carbons (Fsp3) is 0.429. The molecule has 0 aromatic carbocycles. The summed E-state index contributed by atoms with van der Waals surface area (Å²) >= 11 is 0. The number of nitrogens with one attached hydrogen (secondary N) is 2. The van der Waals surface area contributed by atoms with Crippen LogP contribution >= 0.6 is 0 Å². The van der Waals surface area contributed by atoms with E-state index in [9.17, 15) is 14.4 Å². The van der Waals surface area contributed by atoms with Crippen LogP contribution in [-0.2, 0) is 9.59 Å². The Bertz CT molecular complexity index is 564. The van der Waals surface area contributed by atoms with E-state index >= 15 is 0 Å². The zero-order valence-electron chi connectivity index (χ0n) is 12.4. The third kappa shape index (κ3) is 4.55. The summed E-state index contributed by atoms with van der Waals surface area (Å²) in [5.41, 5.74) is -0.589. The smallest absolute Gasteiger partial charge is 0.337 e. The summed E-state index contributed by atoms with van der Waals surface area (Å²) in [5.74, 6) is -1.95. The number of rotatable bonds is 4. The second-order valence-corrected chi connectivity index (χ2v) is 5.66. The molecule has 3 N–H and O–H groups in total. The molecule has 2 amide bonds. The molecule has 1 rings (SSSR count). The van der Waals surface area contributed by atoms with Gasteiger partial charge in [0.15, 0.2) is 0 Å². The third-order valence-electron chi connectivity index (χ3n) is 2.73. The molecule has 0 saturated carbocycles. The second-order valence-electron chi connectivity index (χ2n) is 5.66. The lowest BCUT2D eigenvalue weighted by Gasteiger charge is -2.21. The average Bonchev–Trinajstić information content (AvgIpc) is 2.37. The van der Waals surface area contributed by atoms with E-state index in [0.717, 1.165) is 0 Å². The molecule has 0 spiro atoms. The Hall–Kier alpha value is -2.44. The molecule has 1 atom stereocenters. The summed E-state index contributed by atoms with van der Waals surface area (Å²) in [5, 5.41) is 14.0. The van der Waals surface area contributed by atoms with Gasteiger partial charge in [-0.1, -0.05) is 20.8 Å². The van der Waals surface area contributed by atoms with Crippen LogP contribution < -0.4 is 10.6 Å². The molecular formula is C14H19N3O4. The number of nitrogens with zero attached hydrogens (tertiary/aromatic N) is 1. The van der Waals surface area contributed by atoms with Crippen LogP contribution in [0.1, 0.15) is 38.1 Å². The van der Waals surface area contributed by atoms with E-state index in [-0.39, 0.29) is 17.2 Å². The minimum atomic E-state index is -1.17. The van der Waals surface area contributed by atoms with Gasteiger partial charge in [0.1, 0.15) is 6.04 Å². The van der Waals surface area contributed by atoms with Crippen molar-refractivity contribution in [2.75, 3.05) is 5.32 Å². The highest BCUT2D eigenvalue weighted by Gasteiger charge is 2.25. The van der Waals surface area contributed by atoms with Gasteiger partial charge in [-0.05, 0) is 13.0 Å². The fourth-order valence-corrected chi connectivity index (χ4v) is 1.40. The molecule has 0 radical (unpaired) electrons. The maximum Gasteiger partial charge on any atom is 0.337 e. The summed E-state index contributed by atoms with van der Waals surface area (Å²) in [7, 11) is 0. The first-order chi connectivity index (χ1) is 9.62. The van der Waals surface area contributed by atoms with Crippen LogP contribution in [0.15, 0.2) is 18.5 Å². The summed E-state index contributed by atoms with van der Waals surface area (Å²) in [6, 6.07) is 0.495. The van der Waals surface area contributed by atoms with Gasteiger partial charge in [0.05, 0.1) is 17.4 Å². The lowest BCUT2D eigenvalue weighted by Crippen LogP contribution is -2.46. The van der Waals surface area contributed by atoms with Crippen molar-refractivity contribution >= 4 is 23.5 Å². The lowest BCUT2D eigenvalue weighted by molar-refractivity contribution is -0.131. The predicted octanol–water partition coefficient (Wildman–Crippen LogP) is 1.27. The van der Waals surface area contributed by atoms with Crippen molar-refractivity contribution < 1.29 is 19.5 Å². The SMILES string of the molecule is CC(NC(=O)C(C)(C)C)C(=O)Nc1cnccc1C(=O)O. The molecule has 114 valence electrons. The van der Waals surface area contributed by atoms with E-state index in [1.807, 2.05) is 0 Å². The van der Waals surface area contributed by atoms with E-state index in [1.165, 1.54) is 25.4 Å². The minimum absolute atomic E-state index is 0.0623. The van der Waals surface area contributed by atoms with Crippen molar-refractivity contribution in [2.24, 2.45) is 5.41 Å². The molecule has 1 aromatic heterocycles. The molecule has 1 aromatic rings. The third-order valence-corrected chi connectivity index (χ3v) is 2.73. The molecule has 0 saturated heterocycles. The van der Waals surface area contributed by atoms with Crippen LogP contribution in [0.25, 0.3) is 0 Å². The van der Waals surface area contributed by atoms with E-state index in [4.69, 9.17) is 5.11 Å². The molecule has 1 heterocycles. The number of hydrogen-bond acceptors (Lipinski definition) is 4. The molecule has 1 unspecified atom stereocenters. The molecule has 0 fully saturated rings. The summed E-state index contributed by atoms with van der Waals surface area (Å²) in [6.07, 6.45) is 2.57. The van der Waals surface area contributed by atoms with Gasteiger partial charge in [0.25, 0.3) is 0 Å². The van der Waals surface area contributed by atoms with E-state index in [1.54, 1.807) is 20.8 Å². The maximum atomic E-state index is 12.0. The van der Waals surface area contributed by atoms with Crippen molar-refractivity contribution in [1.82, 2.24) is 10.3 Å². The Morgan fingerprint density at radius 2 is 1.90 bits per heavy atom. The zero-order valence-corrected chi connectivity index (χ0v) is 12.4. The first-order valence-electron chi connectivity index (χ1n) is 6.42. The molecule has 7 heteroatoms. The summed E-state index contributed by atoms with van der Waals surface area (Å²) in [4.78, 5) is 38.6. The first-order valence-corrected chi connectivity index (χ1v) is 6.42. The van der Waals surface area contributed by atoms with Crippen molar-refractivity contribution in [2.45, 2.75) is 33.7 Å². The minimum Gasteiger partial charge on any atom is -0.478 e. The number of aromatic carboxylic acids is 1. The monoisotopic (exact) mass is 293 g/mol. The van der Waals surface area contributed by atoms with Crippen LogP contribution in [0.5, 0.6) is 0 Å². The van der Waals surface area contributed by atoms with Crippen LogP contribution in [0.3, 0.4) is 0 Å². The molecule has 0 aliphatic heterocycles. The number of anilines is 1. The second kappa shape index (κ2) is 6.34. The highest BCUT2D eigenvalue weighted by Crippen LogP contribution is 2.15. The topological polar surface area (TPSA) is 108 Å². The van der Waals surface area contributed by atoms with Gasteiger partial charge < -0.3 is 15.7 Å². The number of carbonyl (C=O) groups excluding carboxylic acids is 2. The van der Waals surface area contributed by atoms with Gasteiger partial charge in [-0.15, -0.1) is 0 Å². The summed E-state index contributed by atoms with van der Waals surface area (Å²) in [6.45, 7) is 6.72. The standard InChI is InChI=1S/C14H19N3O4/c1-8(16-13(21)14(2,3)4)11(18)17-10-7-15-6-5-9(10)12(19)20/h5-8H,1-4H3,(H,16,21)(H,17,18)(H,19,20). The Balaban J connectivity index is 2.78. The summed E-state index contributed by atoms with van der Waals surface area (Å²) < 4.78 is 0. The van der Waals surface area contributed by atoms with E-state index in [2.05, 4.69) is 15.6 Å². The van der Waals surface area contributed by atoms with Crippen LogP contribution in [0.4, 0.5) is 5.69 Å². The van der Waals surface area contributed by atoms with Gasteiger partial charge in [0.2, 0.25) is 11.8 Å². The quantitative estimate of drug-likeness (QED) is 0.774. The fourth-order valence-electron chi connectivity index (χ4n) is 1.40. The van der Waals surface area contributed by atoms with Crippen molar-refractivity contribution in [3.05, 3.63) is 24.0 Å². The average molecular weight is 293 g/mol. The van der Waals surface area contributed by atoms with Crippen molar-refractivity contribution in [3.8, 4) is 0 Å². The van der Waals surface area contributed by atoms with Crippen molar-refractivity contribution in [1.29, 1.82) is 0 Å². The number of aromatic nitrogens is 1. The van der Waals surface area contributed by atoms with Gasteiger partial charge >= 0.3 is 5.97 Å². The number of amides is 2. The maximum absolute atomic E-state index is 12.0. The van der Waals surface area contributed by atoms with Gasteiger partial charge in [-0.3, -0.25) is 14.6 Å². The molecule has 0 aliphatic rings. The molecule has 7 nitrogen and oxygen atoms in total. The van der Waals surface area contributed by atoms with Crippen LogP contribution in [0, 0.1) is 5.41 Å². The molecule has 0 bridgehead atoms. The zero-order chi connectivity index (χ0) is 16.2. The Kier molecular flexibility index (Phi) is 5.02. The largest absolute Gasteiger partial charge is 0.478 e. The van der Waals surface area contributed by atoms with Crippen LogP contribution in [-0.4, -0.2) is 33.9 Å². The van der Waals surface area contributed by atoms with E-state index in [0.29, 0.717) is 0 Å². The highest BCUT2D eigenvalue weighted by molar-refractivity contribution is 6.02. The Morgan fingerprint density at radius 1 is 1.29 bits per heavy atom. The van der Waals surface area contributed by atoms with Gasteiger partial charge in [0, 0.05) is 11.6 Å². The lowest BCUT2D eigenvalue weighted by atomic mass is 9.95. The molecular weight excluding hydrogens is 274 g/mol. The van der Waals surface area contributed by atoms with Crippen LogP contribution in [0.2, 0.25) is 0 Å². The number of pyridine rings is 1. The number of carboxylic acids is 1. The highest BCUT2D eigenvalue weighted by atomic mass is 16.4. The van der Waals surface area contributed by atoms with Gasteiger partial charge in [-0.25, -0.2) is 4.79 Å².